The van der Waals surface area contributed by atoms with E-state index < -0.39 is 0 Å². The molecule has 2 N–H and O–H groups in total. The van der Waals surface area contributed by atoms with Crippen LogP contribution < -0.4 is 5.32 Å². The van der Waals surface area contributed by atoms with Crippen LogP contribution in [0, 0.1) is 0 Å². The van der Waals surface area contributed by atoms with Gasteiger partial charge in [0.2, 0.25) is 0 Å². The molecule has 3 rings (SSSR count). The van der Waals surface area contributed by atoms with Crippen molar-refractivity contribution >= 4 is 28.7 Å². The van der Waals surface area contributed by atoms with E-state index in [1.165, 1.54) is 0 Å². The van der Waals surface area contributed by atoms with Gasteiger partial charge in [-0.3, -0.25) is 4.79 Å². The first-order valence-electron chi connectivity index (χ1n) is 9.28. The zero-order chi connectivity index (χ0) is 19.8. The Morgan fingerprint density at radius 3 is 2.79 bits per heavy atom. The van der Waals surface area contributed by atoms with Crippen molar-refractivity contribution in [1.82, 2.24) is 20.2 Å². The Hall–Kier alpha value is -2.35. The van der Waals surface area contributed by atoms with Crippen LogP contribution in [0.25, 0.3) is 11.0 Å². The van der Waals surface area contributed by atoms with Crippen LogP contribution in [-0.4, -0.2) is 61.2 Å². The summed E-state index contributed by atoms with van der Waals surface area (Å²) in [6, 6.07) is 15.7. The number of aromatic amines is 1. The van der Waals surface area contributed by atoms with Gasteiger partial charge in [-0.1, -0.05) is 42.1 Å². The highest BCUT2D eigenvalue weighted by molar-refractivity contribution is 7.98. The minimum absolute atomic E-state index is 0.0408. The zero-order valence-corrected chi connectivity index (χ0v) is 17.1. The molecule has 0 atom stereocenters. The molecule has 0 unspecified atom stereocenters. The van der Waals surface area contributed by atoms with E-state index in [1.54, 1.807) is 18.9 Å². The molecule has 0 saturated carbocycles. The molecular weight excluding hydrogens is 372 g/mol. The van der Waals surface area contributed by atoms with Crippen molar-refractivity contribution in [2.45, 2.75) is 10.9 Å². The molecule has 0 aliphatic carbocycles. The second kappa shape index (κ2) is 10.3. The molecule has 1 amide bonds. The molecule has 148 valence electrons. The van der Waals surface area contributed by atoms with Gasteiger partial charge in [-0.05, 0) is 30.8 Å². The van der Waals surface area contributed by atoms with Crippen molar-refractivity contribution in [2.75, 3.05) is 40.4 Å². The molecule has 1 heterocycles. The molecule has 6 nitrogen and oxygen atoms in total. The van der Waals surface area contributed by atoms with Crippen LogP contribution in [0.5, 0.6) is 0 Å². The summed E-state index contributed by atoms with van der Waals surface area (Å²) >= 11 is 1.60. The highest BCUT2D eigenvalue weighted by Gasteiger charge is 2.12. The number of nitrogens with one attached hydrogen (secondary N) is 2. The molecule has 0 fully saturated rings. The van der Waals surface area contributed by atoms with E-state index in [2.05, 4.69) is 20.2 Å². The van der Waals surface area contributed by atoms with Gasteiger partial charge in [0.05, 0.1) is 17.6 Å². The maximum absolute atomic E-state index is 12.6. The molecule has 28 heavy (non-hydrogen) atoms. The van der Waals surface area contributed by atoms with Crippen LogP contribution in [0.15, 0.2) is 53.7 Å². The number of aromatic nitrogens is 2. The van der Waals surface area contributed by atoms with Crippen LogP contribution in [0.2, 0.25) is 0 Å². The number of hydrogen-bond acceptors (Lipinski definition) is 5. The first-order valence-corrected chi connectivity index (χ1v) is 10.3. The monoisotopic (exact) mass is 398 g/mol. The average Bonchev–Trinajstić information content (AvgIpc) is 3.14. The number of amides is 1. The summed E-state index contributed by atoms with van der Waals surface area (Å²) < 4.78 is 5.07. The first-order chi connectivity index (χ1) is 13.7. The lowest BCUT2D eigenvalue weighted by atomic mass is 10.1. The van der Waals surface area contributed by atoms with Crippen molar-refractivity contribution in [2.24, 2.45) is 0 Å². The van der Waals surface area contributed by atoms with Gasteiger partial charge in [0.25, 0.3) is 5.91 Å². The molecule has 1 aromatic heterocycles. The van der Waals surface area contributed by atoms with Gasteiger partial charge < -0.3 is 19.9 Å². The largest absolute Gasteiger partial charge is 0.383 e. The summed E-state index contributed by atoms with van der Waals surface area (Å²) in [4.78, 5) is 22.7. The van der Waals surface area contributed by atoms with Gasteiger partial charge in [0, 0.05) is 38.1 Å². The fraction of sp³-hybridized carbons (Fsp3) is 0.333. The zero-order valence-electron chi connectivity index (χ0n) is 16.3. The van der Waals surface area contributed by atoms with Crippen LogP contribution in [0.3, 0.4) is 0 Å². The average molecular weight is 399 g/mol. The van der Waals surface area contributed by atoms with Crippen molar-refractivity contribution < 1.29 is 9.53 Å². The Morgan fingerprint density at radius 1 is 1.18 bits per heavy atom. The van der Waals surface area contributed by atoms with Gasteiger partial charge in [0.1, 0.15) is 0 Å². The number of H-pyrrole nitrogens is 1. The van der Waals surface area contributed by atoms with E-state index in [4.69, 9.17) is 4.74 Å². The Kier molecular flexibility index (Phi) is 7.47. The van der Waals surface area contributed by atoms with E-state index in [-0.39, 0.29) is 5.91 Å². The third-order valence-corrected chi connectivity index (χ3v) is 5.37. The number of hydrogen-bond donors (Lipinski definition) is 2. The molecular formula is C21H26N4O2S. The summed E-state index contributed by atoms with van der Waals surface area (Å²) in [5.74, 6) is 0.637. The number of imidazole rings is 1. The molecule has 7 heteroatoms. The SMILES string of the molecule is COCCN(C)CCNC(=O)c1ccccc1CSc1nc2ccccc2[nH]1. The number of carbonyl (C=O) groups is 1. The number of benzene rings is 2. The number of nitrogens with zero attached hydrogens (tertiary/aromatic N) is 2. The number of ether oxygens (including phenoxy) is 1. The maximum atomic E-state index is 12.6. The Balaban J connectivity index is 1.56. The van der Waals surface area contributed by atoms with Crippen molar-refractivity contribution in [3.63, 3.8) is 0 Å². The van der Waals surface area contributed by atoms with Crippen molar-refractivity contribution in [3.05, 3.63) is 59.7 Å². The lowest BCUT2D eigenvalue weighted by Gasteiger charge is -2.16. The lowest BCUT2D eigenvalue weighted by molar-refractivity contribution is 0.0947. The molecule has 0 bridgehead atoms. The molecule has 0 aliphatic rings. The van der Waals surface area contributed by atoms with Gasteiger partial charge >= 0.3 is 0 Å². The number of methoxy groups -OCH3 is 1. The van der Waals surface area contributed by atoms with Crippen molar-refractivity contribution in [3.8, 4) is 0 Å². The number of para-hydroxylation sites is 2. The number of thioether (sulfide) groups is 1. The normalized spacial score (nSPS) is 11.2. The molecule has 0 saturated heterocycles. The Labute approximate surface area is 169 Å². The smallest absolute Gasteiger partial charge is 0.251 e. The predicted octanol–water partition coefficient (Wildman–Crippen LogP) is 3.16. The molecule has 0 radical (unpaired) electrons. The topological polar surface area (TPSA) is 70.2 Å². The molecule has 3 aromatic rings. The quantitative estimate of drug-likeness (QED) is 0.514. The maximum Gasteiger partial charge on any atom is 0.251 e. The number of fused-ring (bicyclic) bond motifs is 1. The summed E-state index contributed by atoms with van der Waals surface area (Å²) in [6.07, 6.45) is 0. The van der Waals surface area contributed by atoms with Crippen molar-refractivity contribution in [1.29, 1.82) is 0 Å². The summed E-state index contributed by atoms with van der Waals surface area (Å²) in [6.45, 7) is 2.92. The van der Waals surface area contributed by atoms with Crippen LogP contribution >= 0.6 is 11.8 Å². The lowest BCUT2D eigenvalue weighted by Crippen LogP contribution is -2.34. The molecule has 0 spiro atoms. The third-order valence-electron chi connectivity index (χ3n) is 4.45. The Bertz CT molecular complexity index is 879. The van der Waals surface area contributed by atoms with E-state index in [0.29, 0.717) is 24.5 Å². The number of carbonyl (C=O) groups excluding carboxylic acids is 1. The first kappa shape index (κ1) is 20.4. The number of likely N-dealkylation sites (N-methyl/N-ethyl adjacent to an activating group) is 1. The van der Waals surface area contributed by atoms with E-state index >= 15 is 0 Å². The minimum atomic E-state index is -0.0408. The van der Waals surface area contributed by atoms with E-state index in [9.17, 15) is 4.79 Å². The van der Waals surface area contributed by atoms with Gasteiger partial charge in [0.15, 0.2) is 5.16 Å². The van der Waals surface area contributed by atoms with E-state index in [1.807, 2.05) is 55.6 Å². The standard InChI is InChI=1S/C21H26N4O2S/c1-25(13-14-27-2)12-11-22-20(26)17-8-4-3-7-16(17)15-28-21-23-18-9-5-6-10-19(18)24-21/h3-10H,11-15H2,1-2H3,(H,22,26)(H,23,24). The van der Waals surface area contributed by atoms with Crippen LogP contribution in [0.4, 0.5) is 0 Å². The van der Waals surface area contributed by atoms with Gasteiger partial charge in [-0.25, -0.2) is 4.98 Å². The highest BCUT2D eigenvalue weighted by atomic mass is 32.2. The van der Waals surface area contributed by atoms with Gasteiger partial charge in [-0.15, -0.1) is 0 Å². The van der Waals surface area contributed by atoms with Crippen LogP contribution in [-0.2, 0) is 10.5 Å². The minimum Gasteiger partial charge on any atom is -0.383 e. The second-order valence-corrected chi connectivity index (χ2v) is 7.52. The Morgan fingerprint density at radius 2 is 1.96 bits per heavy atom. The summed E-state index contributed by atoms with van der Waals surface area (Å²) in [5, 5.41) is 3.87. The molecule has 2 aromatic carbocycles. The summed E-state index contributed by atoms with van der Waals surface area (Å²) in [5.41, 5.74) is 3.69. The van der Waals surface area contributed by atoms with Crippen LogP contribution in [0.1, 0.15) is 15.9 Å². The fourth-order valence-corrected chi connectivity index (χ4v) is 3.71. The predicted molar refractivity (Wildman–Crippen MR) is 114 cm³/mol. The van der Waals surface area contributed by atoms with E-state index in [0.717, 1.165) is 34.8 Å². The fourth-order valence-electron chi connectivity index (χ4n) is 2.83. The third kappa shape index (κ3) is 5.58. The number of rotatable bonds is 10. The second-order valence-electron chi connectivity index (χ2n) is 6.56. The summed E-state index contributed by atoms with van der Waals surface area (Å²) in [7, 11) is 3.71. The molecule has 0 aliphatic heterocycles. The highest BCUT2D eigenvalue weighted by Crippen LogP contribution is 2.24. The van der Waals surface area contributed by atoms with Gasteiger partial charge in [-0.2, -0.15) is 0 Å².